The molecule has 0 aliphatic carbocycles. The van der Waals surface area contributed by atoms with Gasteiger partial charge in [0.1, 0.15) is 0 Å². The van der Waals surface area contributed by atoms with Crippen molar-refractivity contribution >= 4 is 9.84 Å². The van der Waals surface area contributed by atoms with Gasteiger partial charge in [-0.15, -0.1) is 0 Å². The first kappa shape index (κ1) is 22.8. The van der Waals surface area contributed by atoms with Crippen LogP contribution in [0, 0.1) is 6.92 Å². The van der Waals surface area contributed by atoms with E-state index in [2.05, 4.69) is 42.5 Å². The standard InChI is InChI=1S/C32H26O2S/c1-24-22-29(25-14-6-2-7-15-25)31(26-16-8-3-9-17-26)32(27-18-10-4-11-19-27)30(24)23-35(33,34)28-20-12-5-13-21-28/h2-22H,23H2,1H3. The molecule has 0 unspecified atom stereocenters. The van der Waals surface area contributed by atoms with Crippen LogP contribution in [-0.2, 0) is 15.6 Å². The van der Waals surface area contributed by atoms with Gasteiger partial charge in [0, 0.05) is 0 Å². The summed E-state index contributed by atoms with van der Waals surface area (Å²) in [5.74, 6) is -0.0675. The predicted molar refractivity (Wildman–Crippen MR) is 145 cm³/mol. The van der Waals surface area contributed by atoms with Crippen LogP contribution in [0.15, 0.2) is 132 Å². The Hall–Kier alpha value is -3.95. The van der Waals surface area contributed by atoms with Gasteiger partial charge in [-0.1, -0.05) is 115 Å². The lowest BCUT2D eigenvalue weighted by Gasteiger charge is -2.22. The van der Waals surface area contributed by atoms with Crippen molar-refractivity contribution in [2.75, 3.05) is 0 Å². The Bertz CT molecular complexity index is 1540. The SMILES string of the molecule is Cc1cc(-c2ccccc2)c(-c2ccccc2)c(-c2ccccc2)c1CS(=O)(=O)c1ccccc1. The van der Waals surface area contributed by atoms with E-state index < -0.39 is 9.84 Å². The average Bonchev–Trinajstić information content (AvgIpc) is 2.91. The summed E-state index contributed by atoms with van der Waals surface area (Å²) in [5, 5.41) is 0. The molecule has 5 aromatic carbocycles. The van der Waals surface area contributed by atoms with Crippen LogP contribution in [0.4, 0.5) is 0 Å². The summed E-state index contributed by atoms with van der Waals surface area (Å²) < 4.78 is 27.1. The number of benzene rings is 5. The molecule has 5 rings (SSSR count). The molecule has 172 valence electrons. The van der Waals surface area contributed by atoms with E-state index in [0.29, 0.717) is 4.90 Å². The van der Waals surface area contributed by atoms with E-state index in [-0.39, 0.29) is 5.75 Å². The van der Waals surface area contributed by atoms with Crippen LogP contribution in [0.25, 0.3) is 33.4 Å². The lowest BCUT2D eigenvalue weighted by atomic mass is 9.83. The zero-order valence-electron chi connectivity index (χ0n) is 19.6. The zero-order chi connectivity index (χ0) is 24.3. The quantitative estimate of drug-likeness (QED) is 0.250. The molecule has 0 bridgehead atoms. The molecule has 0 N–H and O–H groups in total. The van der Waals surface area contributed by atoms with Crippen LogP contribution >= 0.6 is 0 Å². The molecule has 5 aromatic rings. The summed E-state index contributed by atoms with van der Waals surface area (Å²) >= 11 is 0. The summed E-state index contributed by atoms with van der Waals surface area (Å²) in [7, 11) is -3.54. The molecule has 0 atom stereocenters. The van der Waals surface area contributed by atoms with Gasteiger partial charge in [0.15, 0.2) is 9.84 Å². The third-order valence-electron chi connectivity index (χ3n) is 6.30. The fourth-order valence-corrected chi connectivity index (χ4v) is 6.11. The van der Waals surface area contributed by atoms with E-state index in [0.717, 1.165) is 44.5 Å². The normalized spacial score (nSPS) is 11.3. The van der Waals surface area contributed by atoms with Crippen LogP contribution in [0.5, 0.6) is 0 Å². The van der Waals surface area contributed by atoms with Crippen LogP contribution < -0.4 is 0 Å². The highest BCUT2D eigenvalue weighted by molar-refractivity contribution is 7.90. The van der Waals surface area contributed by atoms with Gasteiger partial charge in [0.05, 0.1) is 10.6 Å². The minimum Gasteiger partial charge on any atom is -0.223 e. The maximum atomic E-state index is 13.5. The largest absolute Gasteiger partial charge is 0.223 e. The molecular weight excluding hydrogens is 448 g/mol. The Labute approximate surface area is 207 Å². The second kappa shape index (κ2) is 9.73. The van der Waals surface area contributed by atoms with E-state index in [1.165, 1.54) is 0 Å². The van der Waals surface area contributed by atoms with Gasteiger partial charge >= 0.3 is 0 Å². The molecule has 0 saturated carbocycles. The second-order valence-corrected chi connectivity index (χ2v) is 10.6. The van der Waals surface area contributed by atoms with Gasteiger partial charge in [0.2, 0.25) is 0 Å². The van der Waals surface area contributed by atoms with Crippen molar-refractivity contribution in [2.24, 2.45) is 0 Å². The third kappa shape index (κ3) is 4.68. The van der Waals surface area contributed by atoms with E-state index in [1.54, 1.807) is 24.3 Å². The Kier molecular flexibility index (Phi) is 6.35. The first-order valence-electron chi connectivity index (χ1n) is 11.6. The number of aryl methyl sites for hydroxylation is 1. The van der Waals surface area contributed by atoms with E-state index >= 15 is 0 Å². The highest BCUT2D eigenvalue weighted by atomic mass is 32.2. The summed E-state index contributed by atoms with van der Waals surface area (Å²) in [4.78, 5) is 0.340. The molecule has 0 amide bonds. The summed E-state index contributed by atoms with van der Waals surface area (Å²) in [6.45, 7) is 2.02. The van der Waals surface area contributed by atoms with E-state index in [4.69, 9.17) is 0 Å². The molecule has 3 heteroatoms. The van der Waals surface area contributed by atoms with Crippen molar-refractivity contribution in [2.45, 2.75) is 17.6 Å². The van der Waals surface area contributed by atoms with Gasteiger partial charge in [-0.2, -0.15) is 0 Å². The summed E-state index contributed by atoms with van der Waals surface area (Å²) in [5.41, 5.74) is 8.06. The van der Waals surface area contributed by atoms with E-state index in [9.17, 15) is 8.42 Å². The molecule has 0 radical (unpaired) electrons. The molecule has 0 fully saturated rings. The Balaban J connectivity index is 1.85. The van der Waals surface area contributed by atoms with Gasteiger partial charge < -0.3 is 0 Å². The van der Waals surface area contributed by atoms with Crippen molar-refractivity contribution in [3.8, 4) is 33.4 Å². The van der Waals surface area contributed by atoms with Gasteiger partial charge in [-0.25, -0.2) is 8.42 Å². The number of hydrogen-bond donors (Lipinski definition) is 0. The predicted octanol–water partition coefficient (Wildman–Crippen LogP) is 7.97. The molecule has 0 heterocycles. The number of sulfone groups is 1. The smallest absolute Gasteiger partial charge is 0.182 e. The first-order chi connectivity index (χ1) is 17.0. The van der Waals surface area contributed by atoms with Crippen LogP contribution in [0.2, 0.25) is 0 Å². The van der Waals surface area contributed by atoms with Crippen molar-refractivity contribution in [3.05, 3.63) is 139 Å². The second-order valence-electron chi connectivity index (χ2n) is 8.64. The van der Waals surface area contributed by atoms with Crippen molar-refractivity contribution in [1.29, 1.82) is 0 Å². The summed E-state index contributed by atoms with van der Waals surface area (Å²) in [6, 6.07) is 41.5. The van der Waals surface area contributed by atoms with E-state index in [1.807, 2.05) is 67.6 Å². The molecule has 0 aliphatic rings. The highest BCUT2D eigenvalue weighted by Gasteiger charge is 2.24. The third-order valence-corrected chi connectivity index (χ3v) is 7.96. The number of hydrogen-bond acceptors (Lipinski definition) is 2. The molecule has 0 aromatic heterocycles. The average molecular weight is 475 g/mol. The minimum atomic E-state index is -3.54. The van der Waals surface area contributed by atoms with Crippen LogP contribution in [0.3, 0.4) is 0 Å². The Morgan fingerprint density at radius 2 is 0.971 bits per heavy atom. The highest BCUT2D eigenvalue weighted by Crippen LogP contribution is 2.44. The molecule has 0 spiro atoms. The van der Waals surface area contributed by atoms with Gasteiger partial charge in [-0.05, 0) is 63.6 Å². The Morgan fingerprint density at radius 1 is 0.543 bits per heavy atom. The monoisotopic (exact) mass is 474 g/mol. The van der Waals surface area contributed by atoms with Crippen molar-refractivity contribution < 1.29 is 8.42 Å². The van der Waals surface area contributed by atoms with Crippen molar-refractivity contribution in [1.82, 2.24) is 0 Å². The first-order valence-corrected chi connectivity index (χ1v) is 13.3. The maximum Gasteiger partial charge on any atom is 0.182 e. The lowest BCUT2D eigenvalue weighted by molar-refractivity contribution is 0.595. The fraction of sp³-hybridized carbons (Fsp3) is 0.0625. The van der Waals surface area contributed by atoms with Crippen LogP contribution in [-0.4, -0.2) is 8.42 Å². The number of rotatable bonds is 6. The minimum absolute atomic E-state index is 0.0675. The topological polar surface area (TPSA) is 34.1 Å². The molecule has 2 nitrogen and oxygen atoms in total. The van der Waals surface area contributed by atoms with Gasteiger partial charge in [-0.3, -0.25) is 0 Å². The van der Waals surface area contributed by atoms with Gasteiger partial charge in [0.25, 0.3) is 0 Å². The maximum absolute atomic E-state index is 13.5. The summed E-state index contributed by atoms with van der Waals surface area (Å²) in [6.07, 6.45) is 0. The van der Waals surface area contributed by atoms with Crippen LogP contribution in [0.1, 0.15) is 11.1 Å². The fourth-order valence-electron chi connectivity index (χ4n) is 4.62. The lowest BCUT2D eigenvalue weighted by Crippen LogP contribution is -2.09. The van der Waals surface area contributed by atoms with Crippen molar-refractivity contribution in [3.63, 3.8) is 0 Å². The molecule has 35 heavy (non-hydrogen) atoms. The molecule has 0 aliphatic heterocycles. The zero-order valence-corrected chi connectivity index (χ0v) is 20.4. The molecular formula is C32H26O2S. The Morgan fingerprint density at radius 3 is 1.49 bits per heavy atom. The molecule has 0 saturated heterocycles.